The number of rotatable bonds is 2. The van der Waals surface area contributed by atoms with E-state index >= 15 is 0 Å². The molecule has 2 N–H and O–H groups in total. The Balaban J connectivity index is 3.06. The van der Waals surface area contributed by atoms with Crippen molar-refractivity contribution in [2.24, 2.45) is 5.14 Å². The summed E-state index contributed by atoms with van der Waals surface area (Å²) in [5, 5.41) is 12.8. The average molecular weight is 210 g/mol. The van der Waals surface area contributed by atoms with E-state index < -0.39 is 15.3 Å². The van der Waals surface area contributed by atoms with Crippen LogP contribution >= 0.6 is 0 Å². The van der Waals surface area contributed by atoms with Crippen LogP contribution in [0, 0.1) is 11.3 Å². The van der Waals surface area contributed by atoms with E-state index in [0.29, 0.717) is 11.1 Å². The molecular weight excluding hydrogens is 200 g/mol. The van der Waals surface area contributed by atoms with Crippen LogP contribution in [0.25, 0.3) is 0 Å². The molecule has 0 amide bonds. The highest BCUT2D eigenvalue weighted by molar-refractivity contribution is 7.89. The zero-order chi connectivity index (χ0) is 10.8. The molecule has 0 saturated carbocycles. The van der Waals surface area contributed by atoms with Gasteiger partial charge in [-0.1, -0.05) is 12.1 Å². The van der Waals surface area contributed by atoms with Crippen LogP contribution < -0.4 is 5.14 Å². The molecule has 1 atom stereocenters. The summed E-state index contributed by atoms with van der Waals surface area (Å²) >= 11 is 0. The third-order valence-corrected chi connectivity index (χ3v) is 3.26. The lowest BCUT2D eigenvalue weighted by molar-refractivity contribution is 0.588. The second-order valence-electron chi connectivity index (χ2n) is 2.97. The zero-order valence-corrected chi connectivity index (χ0v) is 8.45. The summed E-state index contributed by atoms with van der Waals surface area (Å²) < 4.78 is 22.0. The summed E-state index contributed by atoms with van der Waals surface area (Å²) in [7, 11) is -3.56. The first-order valence-electron chi connectivity index (χ1n) is 3.97. The highest BCUT2D eigenvalue weighted by Gasteiger charge is 2.17. The number of sulfonamides is 1. The highest BCUT2D eigenvalue weighted by Crippen LogP contribution is 2.19. The first kappa shape index (κ1) is 10.7. The van der Waals surface area contributed by atoms with Crippen LogP contribution in [0.1, 0.15) is 23.3 Å². The van der Waals surface area contributed by atoms with Crippen LogP contribution in [0.3, 0.4) is 0 Å². The van der Waals surface area contributed by atoms with Gasteiger partial charge in [0.2, 0.25) is 10.0 Å². The number of nitrogens with two attached hydrogens (primary N) is 1. The van der Waals surface area contributed by atoms with E-state index in [1.165, 1.54) is 6.92 Å². The van der Waals surface area contributed by atoms with Gasteiger partial charge in [-0.3, -0.25) is 0 Å². The van der Waals surface area contributed by atoms with Crippen LogP contribution in [0.5, 0.6) is 0 Å². The number of hydrogen-bond donors (Lipinski definition) is 1. The third kappa shape index (κ3) is 2.31. The predicted molar refractivity (Wildman–Crippen MR) is 52.7 cm³/mol. The second-order valence-corrected chi connectivity index (χ2v) is 4.85. The zero-order valence-electron chi connectivity index (χ0n) is 7.64. The fourth-order valence-electron chi connectivity index (χ4n) is 1.02. The van der Waals surface area contributed by atoms with Crippen LogP contribution in [0.15, 0.2) is 24.3 Å². The molecule has 4 nitrogen and oxygen atoms in total. The van der Waals surface area contributed by atoms with Gasteiger partial charge >= 0.3 is 0 Å². The summed E-state index contributed by atoms with van der Waals surface area (Å²) in [6.07, 6.45) is 0. The van der Waals surface area contributed by atoms with Gasteiger partial charge in [-0.05, 0) is 24.6 Å². The lowest BCUT2D eigenvalue weighted by Gasteiger charge is -2.08. The van der Waals surface area contributed by atoms with Gasteiger partial charge in [0.25, 0.3) is 0 Å². The second kappa shape index (κ2) is 3.78. The molecule has 1 aromatic rings. The van der Waals surface area contributed by atoms with Gasteiger partial charge in [0, 0.05) is 0 Å². The summed E-state index contributed by atoms with van der Waals surface area (Å²) in [6, 6.07) is 8.27. The van der Waals surface area contributed by atoms with Crippen LogP contribution in [0.4, 0.5) is 0 Å². The molecule has 0 aliphatic carbocycles. The molecule has 0 heterocycles. The SMILES string of the molecule is CC(c1ccc(C#N)cc1)S(N)(=O)=O. The molecule has 0 aliphatic heterocycles. The van der Waals surface area contributed by atoms with Gasteiger partial charge in [-0.2, -0.15) is 5.26 Å². The average Bonchev–Trinajstić information content (AvgIpc) is 2.15. The largest absolute Gasteiger partial charge is 0.228 e. The van der Waals surface area contributed by atoms with Crippen molar-refractivity contribution in [3.05, 3.63) is 35.4 Å². The Labute approximate surface area is 83.0 Å². The monoisotopic (exact) mass is 210 g/mol. The molecule has 0 aliphatic rings. The first-order valence-corrected chi connectivity index (χ1v) is 5.58. The van der Waals surface area contributed by atoms with Gasteiger partial charge in [0.1, 0.15) is 0 Å². The predicted octanol–water partition coefficient (Wildman–Crippen LogP) is 0.908. The molecule has 1 aromatic carbocycles. The van der Waals surface area contributed by atoms with Crippen molar-refractivity contribution in [3.63, 3.8) is 0 Å². The fraction of sp³-hybridized carbons (Fsp3) is 0.222. The molecule has 0 spiro atoms. The molecule has 0 aromatic heterocycles. The van der Waals surface area contributed by atoms with Gasteiger partial charge in [0.15, 0.2) is 0 Å². The molecule has 0 bridgehead atoms. The Kier molecular flexibility index (Phi) is 2.89. The Morgan fingerprint density at radius 1 is 1.36 bits per heavy atom. The van der Waals surface area contributed by atoms with Crippen molar-refractivity contribution in [1.82, 2.24) is 0 Å². The molecule has 1 unspecified atom stereocenters. The fourth-order valence-corrected chi connectivity index (χ4v) is 1.55. The van der Waals surface area contributed by atoms with E-state index in [1.54, 1.807) is 24.3 Å². The summed E-state index contributed by atoms with van der Waals surface area (Å²) in [4.78, 5) is 0. The van der Waals surface area contributed by atoms with Gasteiger partial charge < -0.3 is 0 Å². The standard InChI is InChI=1S/C9H10N2O2S/c1-7(14(11,12)13)9-4-2-8(6-10)3-5-9/h2-5,7H,1H3,(H2,11,12,13). The van der Waals surface area contributed by atoms with Crippen LogP contribution in [0.2, 0.25) is 0 Å². The lowest BCUT2D eigenvalue weighted by atomic mass is 10.1. The Bertz CT molecular complexity index is 457. The molecule has 5 heteroatoms. The summed E-state index contributed by atoms with van der Waals surface area (Å²) in [6.45, 7) is 1.51. The Morgan fingerprint density at radius 2 is 1.86 bits per heavy atom. The molecular formula is C9H10N2O2S. The van der Waals surface area contributed by atoms with Crippen molar-refractivity contribution >= 4 is 10.0 Å². The smallest absolute Gasteiger partial charge is 0.215 e. The number of benzene rings is 1. The lowest BCUT2D eigenvalue weighted by Crippen LogP contribution is -2.19. The minimum absolute atomic E-state index is 0.496. The van der Waals surface area contributed by atoms with Crippen molar-refractivity contribution in [2.75, 3.05) is 0 Å². The first-order chi connectivity index (χ1) is 6.45. The number of nitriles is 1. The third-order valence-electron chi connectivity index (χ3n) is 2.00. The van der Waals surface area contributed by atoms with E-state index in [2.05, 4.69) is 0 Å². The minimum atomic E-state index is -3.56. The molecule has 74 valence electrons. The van der Waals surface area contributed by atoms with Gasteiger partial charge in [-0.25, -0.2) is 13.6 Å². The van der Waals surface area contributed by atoms with Crippen LogP contribution in [-0.4, -0.2) is 8.42 Å². The topological polar surface area (TPSA) is 83.9 Å². The van der Waals surface area contributed by atoms with Crippen LogP contribution in [-0.2, 0) is 10.0 Å². The maximum absolute atomic E-state index is 11.0. The number of nitrogens with zero attached hydrogens (tertiary/aromatic N) is 1. The van der Waals surface area contributed by atoms with Gasteiger partial charge in [0.05, 0.1) is 16.9 Å². The molecule has 1 rings (SSSR count). The van der Waals surface area contributed by atoms with E-state index in [4.69, 9.17) is 10.4 Å². The Hall–Kier alpha value is -1.38. The summed E-state index contributed by atoms with van der Waals surface area (Å²) in [5.74, 6) is 0. The minimum Gasteiger partial charge on any atom is -0.228 e. The Morgan fingerprint density at radius 3 is 2.21 bits per heavy atom. The van der Waals surface area contributed by atoms with Gasteiger partial charge in [-0.15, -0.1) is 0 Å². The molecule has 0 saturated heterocycles. The highest BCUT2D eigenvalue weighted by atomic mass is 32.2. The van der Waals surface area contributed by atoms with E-state index in [0.717, 1.165) is 0 Å². The number of hydrogen-bond acceptors (Lipinski definition) is 3. The number of primary sulfonamides is 1. The van der Waals surface area contributed by atoms with Crippen molar-refractivity contribution < 1.29 is 8.42 Å². The van der Waals surface area contributed by atoms with Crippen molar-refractivity contribution in [3.8, 4) is 6.07 Å². The van der Waals surface area contributed by atoms with Crippen molar-refractivity contribution in [2.45, 2.75) is 12.2 Å². The molecule has 0 fully saturated rings. The van der Waals surface area contributed by atoms with Crippen molar-refractivity contribution in [1.29, 1.82) is 5.26 Å². The van der Waals surface area contributed by atoms with E-state index in [-0.39, 0.29) is 0 Å². The van der Waals surface area contributed by atoms with E-state index in [9.17, 15) is 8.42 Å². The molecule has 14 heavy (non-hydrogen) atoms. The van der Waals surface area contributed by atoms with E-state index in [1.807, 2.05) is 6.07 Å². The maximum Gasteiger partial charge on any atom is 0.215 e. The molecule has 0 radical (unpaired) electrons. The normalized spacial score (nSPS) is 13.2. The maximum atomic E-state index is 11.0. The summed E-state index contributed by atoms with van der Waals surface area (Å²) in [5.41, 5.74) is 1.09. The quantitative estimate of drug-likeness (QED) is 0.787.